The summed E-state index contributed by atoms with van der Waals surface area (Å²) in [6, 6.07) is 24.5. The van der Waals surface area contributed by atoms with Gasteiger partial charge in [0.05, 0.1) is 13.2 Å². The molecular weight excluding hydrogens is 450 g/mol. The second-order valence-electron chi connectivity index (χ2n) is 9.94. The zero-order valence-electron chi connectivity index (χ0n) is 21.0. The normalized spacial score (nSPS) is 20.1. The van der Waals surface area contributed by atoms with Crippen LogP contribution in [0, 0.1) is 5.92 Å². The zero-order valence-corrected chi connectivity index (χ0v) is 21.0. The fraction of sp³-hybridized carbons (Fsp3) is 0.387. The molecule has 0 radical (unpaired) electrons. The number of carbonyl (C=O) groups excluding carboxylic acids is 1. The first-order valence-electron chi connectivity index (χ1n) is 13.1. The van der Waals surface area contributed by atoms with Gasteiger partial charge in [-0.15, -0.1) is 0 Å². The minimum atomic E-state index is -0.0885. The molecule has 3 aromatic carbocycles. The quantitative estimate of drug-likeness (QED) is 0.400. The average Bonchev–Trinajstić information content (AvgIpc) is 3.43. The van der Waals surface area contributed by atoms with Gasteiger partial charge in [-0.1, -0.05) is 48.5 Å². The van der Waals surface area contributed by atoms with Crippen LogP contribution in [0.1, 0.15) is 54.7 Å². The molecule has 1 amide bonds. The maximum absolute atomic E-state index is 12.8. The number of amides is 1. The Kier molecular flexibility index (Phi) is 7.75. The van der Waals surface area contributed by atoms with E-state index in [1.54, 1.807) is 7.11 Å². The molecule has 2 aliphatic rings. The second kappa shape index (κ2) is 11.5. The molecule has 5 nitrogen and oxygen atoms in total. The van der Waals surface area contributed by atoms with E-state index in [1.165, 1.54) is 18.4 Å². The van der Waals surface area contributed by atoms with Crippen molar-refractivity contribution in [3.63, 3.8) is 0 Å². The van der Waals surface area contributed by atoms with E-state index in [2.05, 4.69) is 41.7 Å². The highest BCUT2D eigenvalue weighted by molar-refractivity contribution is 5.80. The highest BCUT2D eigenvalue weighted by Crippen LogP contribution is 2.37. The lowest BCUT2D eigenvalue weighted by atomic mass is 9.82. The molecular formula is C31H35NO4. The van der Waals surface area contributed by atoms with Crippen molar-refractivity contribution in [2.24, 2.45) is 5.92 Å². The molecule has 0 unspecified atom stereocenters. The number of methoxy groups -OCH3 is 1. The Labute approximate surface area is 213 Å². The highest BCUT2D eigenvalue weighted by Gasteiger charge is 2.30. The molecule has 5 heteroatoms. The van der Waals surface area contributed by atoms with Crippen molar-refractivity contribution in [3.05, 3.63) is 89.5 Å². The largest absolute Gasteiger partial charge is 0.493 e. The summed E-state index contributed by atoms with van der Waals surface area (Å²) in [4.78, 5) is 12.8. The topological polar surface area (TPSA) is 56.8 Å². The van der Waals surface area contributed by atoms with E-state index in [-0.39, 0.29) is 23.8 Å². The maximum atomic E-state index is 12.8. The first kappa shape index (κ1) is 24.2. The van der Waals surface area contributed by atoms with Crippen molar-refractivity contribution in [1.82, 2.24) is 5.32 Å². The first-order chi connectivity index (χ1) is 17.7. The summed E-state index contributed by atoms with van der Waals surface area (Å²) in [7, 11) is 1.69. The summed E-state index contributed by atoms with van der Waals surface area (Å²) in [6.07, 6.45) is 6.40. The number of benzene rings is 3. The summed E-state index contributed by atoms with van der Waals surface area (Å²) in [5, 5.41) is 3.14. The predicted molar refractivity (Wildman–Crippen MR) is 141 cm³/mol. The molecule has 5 rings (SSSR count). The SMILES string of the molecule is COc1ccc([C@H]2CNC(=O)[C@H](Cc3cccc(OCc4ccccc4)c3)C2)cc1OC1CCCC1. The van der Waals surface area contributed by atoms with Gasteiger partial charge in [0.15, 0.2) is 11.5 Å². The van der Waals surface area contributed by atoms with E-state index < -0.39 is 0 Å². The van der Waals surface area contributed by atoms with Gasteiger partial charge in [-0.25, -0.2) is 0 Å². The van der Waals surface area contributed by atoms with Crippen LogP contribution in [0.25, 0.3) is 0 Å². The van der Waals surface area contributed by atoms with Gasteiger partial charge >= 0.3 is 0 Å². The van der Waals surface area contributed by atoms with Crippen molar-refractivity contribution in [3.8, 4) is 17.2 Å². The minimum Gasteiger partial charge on any atom is -0.493 e. The summed E-state index contributed by atoms with van der Waals surface area (Å²) < 4.78 is 17.9. The van der Waals surface area contributed by atoms with Gasteiger partial charge in [-0.05, 0) is 79.5 Å². The van der Waals surface area contributed by atoms with E-state index in [4.69, 9.17) is 14.2 Å². The Morgan fingerprint density at radius 3 is 2.50 bits per heavy atom. The zero-order chi connectivity index (χ0) is 24.7. The number of hydrogen-bond acceptors (Lipinski definition) is 4. The molecule has 1 heterocycles. The smallest absolute Gasteiger partial charge is 0.223 e. The van der Waals surface area contributed by atoms with Crippen LogP contribution in [-0.2, 0) is 17.8 Å². The standard InChI is InChI=1S/C31H35NO4/c1-34-29-15-14-24(19-30(29)36-27-11-5-6-12-27)26-18-25(31(33)32-20-26)16-23-10-7-13-28(17-23)35-21-22-8-3-2-4-9-22/h2-4,7-10,13-15,17,19,25-27H,5-6,11-12,16,18,20-21H2,1H3,(H,32,33)/t25-,26-/m1/s1. The van der Waals surface area contributed by atoms with Gasteiger partial charge in [-0.3, -0.25) is 4.79 Å². The van der Waals surface area contributed by atoms with Crippen LogP contribution in [-0.4, -0.2) is 25.7 Å². The van der Waals surface area contributed by atoms with Crippen LogP contribution in [0.3, 0.4) is 0 Å². The Hall–Kier alpha value is -3.47. The molecule has 3 aromatic rings. The number of ether oxygens (including phenoxy) is 3. The Balaban J connectivity index is 1.25. The Bertz CT molecular complexity index is 1160. The van der Waals surface area contributed by atoms with Crippen molar-refractivity contribution in [2.45, 2.75) is 57.2 Å². The average molecular weight is 486 g/mol. The van der Waals surface area contributed by atoms with Gasteiger partial charge < -0.3 is 19.5 Å². The van der Waals surface area contributed by atoms with Gasteiger partial charge in [0.2, 0.25) is 5.91 Å². The van der Waals surface area contributed by atoms with Crippen LogP contribution in [0.2, 0.25) is 0 Å². The van der Waals surface area contributed by atoms with Gasteiger partial charge in [0.1, 0.15) is 12.4 Å². The molecule has 1 aliphatic heterocycles. The third kappa shape index (κ3) is 6.01. The number of nitrogens with one attached hydrogen (secondary N) is 1. The fourth-order valence-corrected chi connectivity index (χ4v) is 5.34. The van der Waals surface area contributed by atoms with Crippen molar-refractivity contribution >= 4 is 5.91 Å². The summed E-state index contributed by atoms with van der Waals surface area (Å²) in [5.74, 6) is 2.69. The Morgan fingerprint density at radius 1 is 0.889 bits per heavy atom. The second-order valence-corrected chi connectivity index (χ2v) is 9.94. The first-order valence-corrected chi connectivity index (χ1v) is 13.1. The minimum absolute atomic E-state index is 0.0885. The molecule has 1 saturated carbocycles. The van der Waals surface area contributed by atoms with Crippen LogP contribution in [0.5, 0.6) is 17.2 Å². The van der Waals surface area contributed by atoms with Crippen LogP contribution in [0.4, 0.5) is 0 Å². The lowest BCUT2D eigenvalue weighted by molar-refractivity contribution is -0.126. The molecule has 2 atom stereocenters. The molecule has 1 aliphatic carbocycles. The molecule has 0 bridgehead atoms. The van der Waals surface area contributed by atoms with Gasteiger partial charge in [0.25, 0.3) is 0 Å². The van der Waals surface area contributed by atoms with Crippen molar-refractivity contribution in [1.29, 1.82) is 0 Å². The molecule has 0 aromatic heterocycles. The molecule has 0 spiro atoms. The number of carbonyl (C=O) groups is 1. The number of rotatable bonds is 9. The third-order valence-electron chi connectivity index (χ3n) is 7.35. The molecule has 1 saturated heterocycles. The lowest BCUT2D eigenvalue weighted by Crippen LogP contribution is -2.41. The maximum Gasteiger partial charge on any atom is 0.223 e. The van der Waals surface area contributed by atoms with Crippen LogP contribution >= 0.6 is 0 Å². The molecule has 36 heavy (non-hydrogen) atoms. The van der Waals surface area contributed by atoms with Crippen molar-refractivity contribution < 1.29 is 19.0 Å². The highest BCUT2D eigenvalue weighted by atomic mass is 16.5. The third-order valence-corrected chi connectivity index (χ3v) is 7.35. The van der Waals surface area contributed by atoms with E-state index in [9.17, 15) is 4.79 Å². The summed E-state index contributed by atoms with van der Waals surface area (Å²) >= 11 is 0. The fourth-order valence-electron chi connectivity index (χ4n) is 5.34. The van der Waals surface area contributed by atoms with E-state index >= 15 is 0 Å². The number of hydrogen-bond donors (Lipinski definition) is 1. The predicted octanol–water partition coefficient (Wildman–Crippen LogP) is 6.06. The Morgan fingerprint density at radius 2 is 1.69 bits per heavy atom. The van der Waals surface area contributed by atoms with Gasteiger partial charge in [-0.2, -0.15) is 0 Å². The summed E-state index contributed by atoms with van der Waals surface area (Å²) in [5.41, 5.74) is 3.43. The van der Waals surface area contributed by atoms with Crippen LogP contribution < -0.4 is 19.5 Å². The monoisotopic (exact) mass is 485 g/mol. The van der Waals surface area contributed by atoms with E-state index in [0.29, 0.717) is 19.6 Å². The van der Waals surface area contributed by atoms with Gasteiger partial charge in [0, 0.05) is 18.4 Å². The molecule has 1 N–H and O–H groups in total. The van der Waals surface area contributed by atoms with E-state index in [1.807, 2.05) is 36.4 Å². The van der Waals surface area contributed by atoms with E-state index in [0.717, 1.165) is 47.6 Å². The lowest BCUT2D eigenvalue weighted by Gasteiger charge is -2.30. The van der Waals surface area contributed by atoms with Crippen molar-refractivity contribution in [2.75, 3.05) is 13.7 Å². The van der Waals surface area contributed by atoms with Crippen LogP contribution in [0.15, 0.2) is 72.8 Å². The number of piperidine rings is 1. The molecule has 188 valence electrons. The molecule has 2 fully saturated rings. The summed E-state index contributed by atoms with van der Waals surface area (Å²) in [6.45, 7) is 1.17.